The van der Waals surface area contributed by atoms with E-state index in [2.05, 4.69) is 31.2 Å². The lowest BCUT2D eigenvalue weighted by molar-refractivity contribution is -0.275. The summed E-state index contributed by atoms with van der Waals surface area (Å²) in [6.07, 6.45) is 6.73. The van der Waals surface area contributed by atoms with Crippen molar-refractivity contribution in [3.8, 4) is 0 Å². The van der Waals surface area contributed by atoms with Crippen molar-refractivity contribution in [3.63, 3.8) is 0 Å². The molecule has 0 aliphatic heterocycles. The molecule has 2 aromatic carbocycles. The summed E-state index contributed by atoms with van der Waals surface area (Å²) in [5.41, 5.74) is 1.84. The quantitative estimate of drug-likeness (QED) is 0.483. The number of hydrogen-bond acceptors (Lipinski definition) is 1. The summed E-state index contributed by atoms with van der Waals surface area (Å²) in [5.74, 6) is 0. The molecule has 0 saturated carbocycles. The van der Waals surface area contributed by atoms with E-state index in [9.17, 15) is 5.11 Å². The molecule has 2 aromatic rings. The van der Waals surface area contributed by atoms with E-state index >= 15 is 0 Å². The third kappa shape index (κ3) is 2.80. The van der Waals surface area contributed by atoms with Gasteiger partial charge >= 0.3 is 7.57 Å². The average molecular weight is 316 g/mol. The van der Waals surface area contributed by atoms with Crippen molar-refractivity contribution in [1.82, 2.24) is 0 Å². The van der Waals surface area contributed by atoms with Gasteiger partial charge in [-0.25, -0.2) is 0 Å². The summed E-state index contributed by atoms with van der Waals surface area (Å²) in [7, 11) is 4.94. The smallest absolute Gasteiger partial charge is 0.378 e. The van der Waals surface area contributed by atoms with Gasteiger partial charge in [0.05, 0.1) is 16.3 Å². The van der Waals surface area contributed by atoms with E-state index in [1.165, 1.54) is 0 Å². The highest BCUT2D eigenvalue weighted by molar-refractivity contribution is 8.09. The van der Waals surface area contributed by atoms with E-state index in [0.717, 1.165) is 28.0 Å². The van der Waals surface area contributed by atoms with E-state index in [0.29, 0.717) is 0 Å². The molecule has 0 heterocycles. The molecule has 0 N–H and O–H groups in total. The second-order valence-corrected chi connectivity index (χ2v) is 9.04. The van der Waals surface area contributed by atoms with Gasteiger partial charge in [-0.3, -0.25) is 0 Å². The fourth-order valence-corrected chi connectivity index (χ4v) is 6.30. The van der Waals surface area contributed by atoms with Crippen LogP contribution in [-0.4, -0.2) is 13.2 Å². The maximum atomic E-state index is 11.4. The van der Waals surface area contributed by atoms with Gasteiger partial charge in [-0.1, -0.05) is 54.6 Å². The summed E-state index contributed by atoms with van der Waals surface area (Å²) in [6.45, 7) is 2.14. The van der Waals surface area contributed by atoms with E-state index in [1.54, 1.807) is 0 Å². The van der Waals surface area contributed by atoms with E-state index in [1.807, 2.05) is 54.6 Å². The lowest BCUT2D eigenvalue weighted by Crippen LogP contribution is -2.31. The standard InChI is InChI=1S/C20H19BOP/c1-16(20-14-8-9-17(20)15-22)23(21,18-10-4-2-5-11-18)19-12-6-3-7-13-19/h2-16,22H,1H3/q+1/p-1/b17-15-/t16-/m0/s1. The monoisotopic (exact) mass is 316 g/mol. The molecule has 3 rings (SSSR count). The summed E-state index contributed by atoms with van der Waals surface area (Å²) in [6, 6.07) is 20.5. The van der Waals surface area contributed by atoms with Crippen molar-refractivity contribution < 1.29 is 5.11 Å². The van der Waals surface area contributed by atoms with E-state index in [-0.39, 0.29) is 5.66 Å². The highest BCUT2D eigenvalue weighted by Crippen LogP contribution is 2.59. The molecule has 0 unspecified atom stereocenters. The maximum Gasteiger partial charge on any atom is 0.378 e. The Balaban J connectivity index is 2.14. The molecule has 1 aliphatic carbocycles. The molecule has 1 atom stereocenters. The minimum atomic E-state index is -2.15. The predicted molar refractivity (Wildman–Crippen MR) is 99.6 cm³/mol. The van der Waals surface area contributed by atoms with Crippen molar-refractivity contribution >= 4 is 25.3 Å². The van der Waals surface area contributed by atoms with Gasteiger partial charge in [-0.2, -0.15) is 0 Å². The lowest BCUT2D eigenvalue weighted by Gasteiger charge is -2.31. The van der Waals surface area contributed by atoms with Crippen LogP contribution in [0, 0.1) is 0 Å². The highest BCUT2D eigenvalue weighted by atomic mass is 31.2. The molecule has 1 aliphatic rings. The Morgan fingerprint density at radius 3 is 1.96 bits per heavy atom. The van der Waals surface area contributed by atoms with Crippen LogP contribution in [0.15, 0.2) is 96.3 Å². The van der Waals surface area contributed by atoms with Crippen LogP contribution >= 0.6 is 7.14 Å². The van der Waals surface area contributed by atoms with E-state index in [4.69, 9.17) is 7.57 Å². The molecule has 0 spiro atoms. The third-order valence-electron chi connectivity index (χ3n) is 4.44. The third-order valence-corrected chi connectivity index (χ3v) is 8.24. The van der Waals surface area contributed by atoms with Crippen molar-refractivity contribution in [1.29, 1.82) is 0 Å². The molecular weight excluding hydrogens is 298 g/mol. The number of allylic oxidation sites excluding steroid dienone is 5. The SMILES string of the molecule is [B][P+](c1ccccc1)(c1ccccc1)[C@@H](C)C1=CC=C/C1=C/[O-]. The van der Waals surface area contributed by atoms with E-state index < -0.39 is 7.14 Å². The Morgan fingerprint density at radius 1 is 0.957 bits per heavy atom. The molecule has 3 heteroatoms. The molecule has 0 fully saturated rings. The molecule has 23 heavy (non-hydrogen) atoms. The van der Waals surface area contributed by atoms with Crippen LogP contribution in [0.25, 0.3) is 0 Å². The Labute approximate surface area is 139 Å². The van der Waals surface area contributed by atoms with Crippen LogP contribution < -0.4 is 15.7 Å². The van der Waals surface area contributed by atoms with Gasteiger partial charge in [0.1, 0.15) is 0 Å². The maximum absolute atomic E-state index is 11.4. The van der Waals surface area contributed by atoms with Gasteiger partial charge in [-0.15, -0.1) is 6.26 Å². The van der Waals surface area contributed by atoms with Gasteiger partial charge in [0.25, 0.3) is 0 Å². The molecule has 0 amide bonds. The molecule has 2 radical (unpaired) electrons. The first-order valence-corrected chi connectivity index (χ1v) is 9.60. The van der Waals surface area contributed by atoms with Crippen LogP contribution in [0.1, 0.15) is 6.92 Å². The predicted octanol–water partition coefficient (Wildman–Crippen LogP) is 2.87. The topological polar surface area (TPSA) is 23.1 Å². The van der Waals surface area contributed by atoms with Gasteiger partial charge in [0.2, 0.25) is 0 Å². The minimum Gasteiger partial charge on any atom is -0.877 e. The van der Waals surface area contributed by atoms with Crippen LogP contribution in [0.3, 0.4) is 0 Å². The zero-order valence-corrected chi connectivity index (χ0v) is 14.0. The fraction of sp³-hybridized carbons (Fsp3) is 0.100. The highest BCUT2D eigenvalue weighted by Gasteiger charge is 2.45. The molecular formula is C20H18BOP. The molecule has 112 valence electrons. The first-order valence-electron chi connectivity index (χ1n) is 7.67. The Hall–Kier alpha value is -2.05. The number of rotatable bonds is 4. The fourth-order valence-electron chi connectivity index (χ4n) is 3.10. The Kier molecular flexibility index (Phi) is 4.55. The van der Waals surface area contributed by atoms with Crippen molar-refractivity contribution in [2.24, 2.45) is 0 Å². The number of benzene rings is 2. The summed E-state index contributed by atoms with van der Waals surface area (Å²) in [4.78, 5) is 0. The van der Waals surface area contributed by atoms with Gasteiger partial charge in [0.15, 0.2) is 0 Å². The van der Waals surface area contributed by atoms with Crippen LogP contribution in [0.4, 0.5) is 0 Å². The molecule has 0 saturated heterocycles. The zero-order chi connectivity index (χ0) is 16.3. The van der Waals surface area contributed by atoms with Crippen LogP contribution in [-0.2, 0) is 0 Å². The normalized spacial score (nSPS) is 17.3. The second-order valence-electron chi connectivity index (χ2n) is 5.68. The van der Waals surface area contributed by atoms with Crippen molar-refractivity contribution in [2.75, 3.05) is 0 Å². The summed E-state index contributed by atoms with van der Waals surface area (Å²) < 4.78 is 0. The lowest BCUT2D eigenvalue weighted by atomic mass is 10.1. The second kappa shape index (κ2) is 6.60. The Morgan fingerprint density at radius 2 is 1.48 bits per heavy atom. The summed E-state index contributed by atoms with van der Waals surface area (Å²) >= 11 is 0. The average Bonchev–Trinajstić information content (AvgIpc) is 3.10. The van der Waals surface area contributed by atoms with Crippen LogP contribution in [0.2, 0.25) is 0 Å². The van der Waals surface area contributed by atoms with Gasteiger partial charge in [0, 0.05) is 7.14 Å². The van der Waals surface area contributed by atoms with Gasteiger partial charge < -0.3 is 5.11 Å². The largest absolute Gasteiger partial charge is 0.877 e. The molecule has 1 nitrogen and oxygen atoms in total. The summed E-state index contributed by atoms with van der Waals surface area (Å²) in [5, 5.41) is 13.7. The first-order chi connectivity index (χ1) is 11.2. The van der Waals surface area contributed by atoms with Crippen molar-refractivity contribution in [3.05, 3.63) is 96.3 Å². The Bertz CT molecular complexity index is 723. The zero-order valence-electron chi connectivity index (χ0n) is 13.1. The van der Waals surface area contributed by atoms with Crippen LogP contribution in [0.5, 0.6) is 0 Å². The molecule has 0 bridgehead atoms. The van der Waals surface area contributed by atoms with Crippen molar-refractivity contribution in [2.45, 2.75) is 12.6 Å². The molecule has 0 aromatic heterocycles. The first kappa shape index (κ1) is 15.8. The van der Waals surface area contributed by atoms with Gasteiger partial charge in [-0.05, 0) is 42.3 Å². The number of hydrogen-bond donors (Lipinski definition) is 0. The minimum absolute atomic E-state index is 0.0718.